The van der Waals surface area contributed by atoms with Crippen molar-refractivity contribution >= 4 is 0 Å². The van der Waals surface area contributed by atoms with Crippen LogP contribution < -0.4 is 80.0 Å². The molecule has 15 heteroatoms. The Labute approximate surface area is 677 Å². The van der Waals surface area contributed by atoms with E-state index < -0.39 is 0 Å². The minimum Gasteiger partial charge on any atom is -0.316 e. The second-order valence-electron chi connectivity index (χ2n) is 32.1. The van der Waals surface area contributed by atoms with Crippen LogP contribution in [0.1, 0.15) is 375 Å². The molecule has 108 heavy (non-hydrogen) atoms. The molecule has 15 N–H and O–H groups in total. The largest absolute Gasteiger partial charge is 0.316 e. The molecular weight excluding hydrogens is 1330 g/mol. The third kappa shape index (κ3) is 44.1. The lowest BCUT2D eigenvalue weighted by Crippen LogP contribution is -2.56. The van der Waals surface area contributed by atoms with Crippen molar-refractivity contribution in [2.24, 2.45) is 53.3 Å². The standard InChI is InChI=1S/3C9H17N.6C8H16N2.9C2H6/c1-2-6-9-8(4-1)5-3-7-10-9;2*1-2-4-9-7-10-6-5-8(9)3-1;1-3-7-8(9-5-1)4-2-6-10-7;1-2-7-6-9-5-3-8(7)10-4-1;1-2-7-3-5-9-6-8(7)10-4-1;1-2-4-8-7(3-1)5-9-6-10-8;1-2-4-8-7(3-1)9-5-6-10-8;1-2-4-8-7(3-1)5-6-9-10-8;9*1-2/h3*8-10H,1-7H2;6*7-10H,1-6H2;9*1-2H3. The fourth-order valence-electron chi connectivity index (χ4n) is 20.4. The lowest BCUT2D eigenvalue weighted by Gasteiger charge is -2.37. The smallest absolute Gasteiger partial charge is 0.0456 e. The van der Waals surface area contributed by atoms with Crippen LogP contribution in [0.2, 0.25) is 0 Å². The summed E-state index contributed by atoms with van der Waals surface area (Å²) in [4.78, 5) is 0. The molecular formula is C93H201N15. The molecule has 0 spiro atoms. The van der Waals surface area contributed by atoms with E-state index in [0.717, 1.165) is 114 Å². The number of piperidine rings is 9. The van der Waals surface area contributed by atoms with Crippen LogP contribution in [0.15, 0.2) is 0 Å². The van der Waals surface area contributed by atoms with Gasteiger partial charge in [-0.2, -0.15) is 0 Å². The van der Waals surface area contributed by atoms with Crippen molar-refractivity contribution in [3.8, 4) is 0 Å². The second kappa shape index (κ2) is 75.2. The molecule has 0 amide bonds. The minimum absolute atomic E-state index is 0.794. The van der Waals surface area contributed by atoms with Crippen LogP contribution in [0, 0.1) is 53.3 Å². The number of hydrazine groups is 1. The first-order valence-electron chi connectivity index (χ1n) is 49.6. The van der Waals surface area contributed by atoms with Gasteiger partial charge in [-0.25, -0.2) is 0 Å². The van der Waals surface area contributed by atoms with Crippen molar-refractivity contribution < 1.29 is 0 Å². The number of fused-ring (bicyclic) bond motifs is 9. The van der Waals surface area contributed by atoms with E-state index in [1.807, 2.05) is 125 Å². The second-order valence-corrected chi connectivity index (χ2v) is 32.1. The Kier molecular flexibility index (Phi) is 73.4. The summed E-state index contributed by atoms with van der Waals surface area (Å²) < 4.78 is 0. The van der Waals surface area contributed by atoms with E-state index in [2.05, 4.69) is 80.0 Å². The molecule has 0 aromatic rings. The Morgan fingerprint density at radius 3 is 0.815 bits per heavy atom. The first-order chi connectivity index (χ1) is 53.7. The Morgan fingerprint density at radius 2 is 0.398 bits per heavy atom. The molecule has 6 saturated carbocycles. The van der Waals surface area contributed by atoms with Gasteiger partial charge in [0.15, 0.2) is 0 Å². The summed E-state index contributed by atoms with van der Waals surface area (Å²) >= 11 is 0. The van der Waals surface area contributed by atoms with E-state index in [0.29, 0.717) is 0 Å². The predicted molar refractivity (Wildman–Crippen MR) is 482 cm³/mol. The van der Waals surface area contributed by atoms with Gasteiger partial charge in [0.25, 0.3) is 0 Å². The molecule has 18 rings (SSSR count). The molecule has 12 saturated heterocycles. The van der Waals surface area contributed by atoms with Gasteiger partial charge in [0.2, 0.25) is 0 Å². The summed E-state index contributed by atoms with van der Waals surface area (Å²) in [5.41, 5.74) is 6.60. The maximum absolute atomic E-state index is 3.62. The molecule has 18 atom stereocenters. The van der Waals surface area contributed by atoms with Crippen molar-refractivity contribution in [1.82, 2.24) is 80.0 Å². The van der Waals surface area contributed by atoms with Crippen LogP contribution in [0.25, 0.3) is 0 Å². The topological polar surface area (TPSA) is 180 Å². The van der Waals surface area contributed by atoms with E-state index in [1.54, 1.807) is 0 Å². The number of hydrogen-bond donors (Lipinski definition) is 15. The van der Waals surface area contributed by atoms with E-state index in [4.69, 9.17) is 0 Å². The highest BCUT2D eigenvalue weighted by Crippen LogP contribution is 2.36. The van der Waals surface area contributed by atoms with E-state index in [1.165, 1.54) is 362 Å². The quantitative estimate of drug-likeness (QED) is 0.110. The summed E-state index contributed by atoms with van der Waals surface area (Å²) in [6.45, 7) is 58.1. The number of nitrogens with one attached hydrogen (secondary N) is 15. The molecule has 12 heterocycles. The lowest BCUT2D eigenvalue weighted by molar-refractivity contribution is 0.185. The van der Waals surface area contributed by atoms with Crippen molar-refractivity contribution in [2.75, 3.05) is 118 Å². The fraction of sp³-hybridized carbons (Fsp3) is 1.00. The van der Waals surface area contributed by atoms with Crippen molar-refractivity contribution in [2.45, 2.75) is 429 Å². The molecule has 12 aliphatic heterocycles. The SMILES string of the molecule is C1CCC2CNCCC2C1.C1CCC2CNCCC2C1.C1CCC2NCCCC2C1.C1CCC2NCCNC2C1.C1CCC2NCNCC2C1.C1CCC2NNCCC2C1.C1CNC2CCCNC2C1.C1CNC2CCNCC2C1.C1CNC2CNCCC2C1.CC.CC.CC.CC.CC.CC.CC.CC.CC. The van der Waals surface area contributed by atoms with Crippen molar-refractivity contribution in [3.05, 3.63) is 0 Å². The molecule has 18 fully saturated rings. The molecule has 0 aromatic carbocycles. The van der Waals surface area contributed by atoms with Crippen LogP contribution in [0.5, 0.6) is 0 Å². The summed E-state index contributed by atoms with van der Waals surface area (Å²) in [6.07, 6.45) is 56.1. The van der Waals surface area contributed by atoms with Crippen LogP contribution in [-0.4, -0.2) is 172 Å². The molecule has 648 valence electrons. The van der Waals surface area contributed by atoms with E-state index >= 15 is 0 Å². The summed E-state index contributed by atoms with van der Waals surface area (Å²) in [5, 5.41) is 45.7. The highest BCUT2D eigenvalue weighted by atomic mass is 15.4. The van der Waals surface area contributed by atoms with E-state index in [9.17, 15) is 0 Å². The highest BCUT2D eigenvalue weighted by molar-refractivity contribution is 4.93. The average molecular weight is 1530 g/mol. The van der Waals surface area contributed by atoms with Gasteiger partial charge in [0, 0.05) is 93.8 Å². The molecule has 0 radical (unpaired) electrons. The Balaban J connectivity index is 0.000000591. The number of piperazine rings is 1. The number of rotatable bonds is 0. The van der Waals surface area contributed by atoms with E-state index in [-0.39, 0.29) is 0 Å². The zero-order valence-electron chi connectivity index (χ0n) is 76.2. The normalized spacial score (nSPS) is 34.5. The first kappa shape index (κ1) is 105. The van der Waals surface area contributed by atoms with Crippen molar-refractivity contribution in [3.63, 3.8) is 0 Å². The third-order valence-corrected chi connectivity index (χ3v) is 26.0. The van der Waals surface area contributed by atoms with Crippen LogP contribution in [-0.2, 0) is 0 Å². The van der Waals surface area contributed by atoms with Crippen molar-refractivity contribution in [1.29, 1.82) is 0 Å². The van der Waals surface area contributed by atoms with Gasteiger partial charge in [-0.3, -0.25) is 10.9 Å². The molecule has 0 bridgehead atoms. The fourth-order valence-corrected chi connectivity index (χ4v) is 20.4. The monoisotopic (exact) mass is 1530 g/mol. The Bertz CT molecular complexity index is 1190. The van der Waals surface area contributed by atoms with Crippen LogP contribution in [0.3, 0.4) is 0 Å². The van der Waals surface area contributed by atoms with Gasteiger partial charge in [0.1, 0.15) is 0 Å². The first-order valence-corrected chi connectivity index (χ1v) is 49.6. The minimum atomic E-state index is 0.794. The Morgan fingerprint density at radius 1 is 0.148 bits per heavy atom. The lowest BCUT2D eigenvalue weighted by atomic mass is 9.76. The van der Waals surface area contributed by atoms with Gasteiger partial charge in [0.05, 0.1) is 0 Å². The molecule has 6 aliphatic carbocycles. The predicted octanol–water partition coefficient (Wildman–Crippen LogP) is 18.2. The van der Waals surface area contributed by atoms with Gasteiger partial charge < -0.3 is 69.1 Å². The molecule has 18 aliphatic rings. The van der Waals surface area contributed by atoms with Gasteiger partial charge in [-0.1, -0.05) is 215 Å². The van der Waals surface area contributed by atoms with Crippen LogP contribution in [0.4, 0.5) is 0 Å². The number of hydrogen-bond acceptors (Lipinski definition) is 15. The maximum Gasteiger partial charge on any atom is 0.0456 e. The Hall–Kier alpha value is -0.600. The van der Waals surface area contributed by atoms with Crippen LogP contribution >= 0.6 is 0 Å². The van der Waals surface area contributed by atoms with Gasteiger partial charge in [-0.05, 0) is 292 Å². The van der Waals surface area contributed by atoms with Gasteiger partial charge in [-0.15, -0.1) is 0 Å². The average Bonchev–Trinajstić information content (AvgIpc) is 1.07. The highest BCUT2D eigenvalue weighted by Gasteiger charge is 2.33. The summed E-state index contributed by atoms with van der Waals surface area (Å²) in [7, 11) is 0. The zero-order chi connectivity index (χ0) is 79.3. The molecule has 15 nitrogen and oxygen atoms in total. The molecule has 18 unspecified atom stereocenters. The molecule has 0 aromatic heterocycles. The van der Waals surface area contributed by atoms with Gasteiger partial charge >= 0.3 is 0 Å². The summed E-state index contributed by atoms with van der Waals surface area (Å²) in [6, 6.07) is 7.35. The zero-order valence-corrected chi connectivity index (χ0v) is 76.2. The summed E-state index contributed by atoms with van der Waals surface area (Å²) in [5.74, 6) is 9.15. The third-order valence-electron chi connectivity index (χ3n) is 26.0. The maximum atomic E-state index is 3.62.